The summed E-state index contributed by atoms with van der Waals surface area (Å²) in [5.41, 5.74) is -1.10. The van der Waals surface area contributed by atoms with Crippen LogP contribution in [0, 0.1) is 11.6 Å². The molecule has 1 aromatic heterocycles. The number of rotatable bonds is 4. The van der Waals surface area contributed by atoms with Gasteiger partial charge in [-0.2, -0.15) is 13.2 Å². The molecule has 0 atom stereocenters. The third-order valence-electron chi connectivity index (χ3n) is 3.53. The highest BCUT2D eigenvalue weighted by Gasteiger charge is 2.30. The summed E-state index contributed by atoms with van der Waals surface area (Å²) >= 11 is 0. The zero-order valence-electron chi connectivity index (χ0n) is 13.9. The number of nitrogens with one attached hydrogen (secondary N) is 2. The number of alkyl halides is 3. The van der Waals surface area contributed by atoms with E-state index in [1.165, 1.54) is 12.1 Å². The molecule has 2 aromatic carbocycles. The third-order valence-corrected chi connectivity index (χ3v) is 3.53. The van der Waals surface area contributed by atoms with Gasteiger partial charge >= 0.3 is 6.18 Å². The Morgan fingerprint density at radius 3 is 2.39 bits per heavy atom. The SMILES string of the molecule is O=C(Nc1ccc(F)cc1F)c1cnc(Nc2cccc(C(F)(F)F)c2)cn1. The van der Waals surface area contributed by atoms with E-state index >= 15 is 0 Å². The fourth-order valence-corrected chi connectivity index (χ4v) is 2.21. The summed E-state index contributed by atoms with van der Waals surface area (Å²) in [6.45, 7) is 0. The van der Waals surface area contributed by atoms with Crippen molar-refractivity contribution in [2.45, 2.75) is 6.18 Å². The zero-order valence-corrected chi connectivity index (χ0v) is 13.9. The number of carbonyl (C=O) groups is 1. The highest BCUT2D eigenvalue weighted by molar-refractivity contribution is 6.02. The van der Waals surface area contributed by atoms with Crippen molar-refractivity contribution in [2.24, 2.45) is 0 Å². The Kier molecular flexibility index (Phi) is 5.21. The van der Waals surface area contributed by atoms with Gasteiger partial charge < -0.3 is 10.6 Å². The van der Waals surface area contributed by atoms with Crippen LogP contribution in [0.5, 0.6) is 0 Å². The second-order valence-corrected chi connectivity index (χ2v) is 5.57. The molecule has 28 heavy (non-hydrogen) atoms. The summed E-state index contributed by atoms with van der Waals surface area (Å²) < 4.78 is 64.6. The smallest absolute Gasteiger partial charge is 0.339 e. The summed E-state index contributed by atoms with van der Waals surface area (Å²) in [7, 11) is 0. The molecule has 1 heterocycles. The molecule has 0 spiro atoms. The molecule has 0 fully saturated rings. The molecule has 0 aliphatic heterocycles. The molecule has 0 bridgehead atoms. The van der Waals surface area contributed by atoms with Crippen LogP contribution in [0.2, 0.25) is 0 Å². The maximum absolute atomic E-state index is 13.6. The third kappa shape index (κ3) is 4.58. The summed E-state index contributed by atoms with van der Waals surface area (Å²) in [6, 6.07) is 7.13. The predicted octanol–water partition coefficient (Wildman–Crippen LogP) is 4.77. The minimum atomic E-state index is -4.49. The number of hydrogen-bond acceptors (Lipinski definition) is 4. The van der Waals surface area contributed by atoms with Crippen LogP contribution in [0.3, 0.4) is 0 Å². The fourth-order valence-electron chi connectivity index (χ4n) is 2.21. The van der Waals surface area contributed by atoms with Crippen LogP contribution < -0.4 is 10.6 Å². The summed E-state index contributed by atoms with van der Waals surface area (Å²) in [4.78, 5) is 19.8. The Labute approximate surface area is 155 Å². The molecular weight excluding hydrogens is 383 g/mol. The lowest BCUT2D eigenvalue weighted by atomic mass is 10.2. The first-order valence-corrected chi connectivity index (χ1v) is 7.75. The lowest BCUT2D eigenvalue weighted by molar-refractivity contribution is -0.137. The van der Waals surface area contributed by atoms with E-state index in [9.17, 15) is 26.7 Å². The lowest BCUT2D eigenvalue weighted by Gasteiger charge is -2.10. The number of benzene rings is 2. The molecule has 0 unspecified atom stereocenters. The Morgan fingerprint density at radius 2 is 1.75 bits per heavy atom. The van der Waals surface area contributed by atoms with Gasteiger partial charge in [0.05, 0.1) is 23.6 Å². The van der Waals surface area contributed by atoms with Gasteiger partial charge in [0.25, 0.3) is 5.91 Å². The normalized spacial score (nSPS) is 11.2. The monoisotopic (exact) mass is 394 g/mol. The largest absolute Gasteiger partial charge is 0.416 e. The van der Waals surface area contributed by atoms with Crippen LogP contribution in [-0.2, 0) is 6.18 Å². The van der Waals surface area contributed by atoms with E-state index < -0.39 is 29.3 Å². The van der Waals surface area contributed by atoms with Gasteiger partial charge in [-0.15, -0.1) is 0 Å². The molecule has 0 saturated carbocycles. The second kappa shape index (κ2) is 7.59. The molecule has 10 heteroatoms. The summed E-state index contributed by atoms with van der Waals surface area (Å²) in [5, 5.41) is 4.86. The molecule has 0 aliphatic rings. The topological polar surface area (TPSA) is 66.9 Å². The number of carbonyl (C=O) groups excluding carboxylic acids is 1. The number of halogens is 5. The second-order valence-electron chi connectivity index (χ2n) is 5.57. The van der Waals surface area contributed by atoms with Gasteiger partial charge in [0.2, 0.25) is 0 Å². The van der Waals surface area contributed by atoms with E-state index in [1.54, 1.807) is 0 Å². The van der Waals surface area contributed by atoms with Crippen molar-refractivity contribution in [3.63, 3.8) is 0 Å². The lowest BCUT2D eigenvalue weighted by Crippen LogP contribution is -2.15. The minimum absolute atomic E-state index is 0.101. The fraction of sp³-hybridized carbons (Fsp3) is 0.0556. The average Bonchev–Trinajstić information content (AvgIpc) is 2.64. The number of nitrogens with zero attached hydrogens (tertiary/aromatic N) is 2. The van der Waals surface area contributed by atoms with Crippen LogP contribution in [0.4, 0.5) is 39.1 Å². The van der Waals surface area contributed by atoms with Crippen molar-refractivity contribution in [1.29, 1.82) is 0 Å². The molecule has 3 aromatic rings. The van der Waals surface area contributed by atoms with Gasteiger partial charge in [-0.3, -0.25) is 4.79 Å². The van der Waals surface area contributed by atoms with Gasteiger partial charge in [-0.1, -0.05) is 6.07 Å². The average molecular weight is 394 g/mol. The van der Waals surface area contributed by atoms with E-state index in [2.05, 4.69) is 20.6 Å². The van der Waals surface area contributed by atoms with Gasteiger partial charge in [0.1, 0.15) is 23.1 Å². The number of hydrogen-bond donors (Lipinski definition) is 2. The standard InChI is InChI=1S/C18H11F5N4O/c19-11-4-5-14(13(20)7-11)27-17(28)15-8-25-16(9-24-15)26-12-3-1-2-10(6-12)18(21,22)23/h1-9H,(H,25,26)(H,27,28). The van der Waals surface area contributed by atoms with Crippen LogP contribution in [0.25, 0.3) is 0 Å². The molecule has 2 N–H and O–H groups in total. The van der Waals surface area contributed by atoms with Crippen molar-refractivity contribution in [3.05, 3.63) is 77.8 Å². The van der Waals surface area contributed by atoms with Crippen molar-refractivity contribution < 1.29 is 26.7 Å². The molecule has 0 radical (unpaired) electrons. The first-order chi connectivity index (χ1) is 13.2. The van der Waals surface area contributed by atoms with E-state index in [1.807, 2.05) is 0 Å². The first kappa shape index (κ1) is 19.2. The van der Waals surface area contributed by atoms with Gasteiger partial charge in [0.15, 0.2) is 0 Å². The van der Waals surface area contributed by atoms with Crippen molar-refractivity contribution in [3.8, 4) is 0 Å². The number of anilines is 3. The molecule has 3 rings (SSSR count). The van der Waals surface area contributed by atoms with Crippen molar-refractivity contribution in [1.82, 2.24) is 9.97 Å². The van der Waals surface area contributed by atoms with Crippen molar-refractivity contribution in [2.75, 3.05) is 10.6 Å². The molecule has 5 nitrogen and oxygen atoms in total. The predicted molar refractivity (Wildman–Crippen MR) is 91.1 cm³/mol. The van der Waals surface area contributed by atoms with Crippen LogP contribution in [-0.4, -0.2) is 15.9 Å². The quantitative estimate of drug-likeness (QED) is 0.626. The van der Waals surface area contributed by atoms with E-state index in [0.717, 1.165) is 36.7 Å². The maximum Gasteiger partial charge on any atom is 0.416 e. The molecule has 0 saturated heterocycles. The van der Waals surface area contributed by atoms with Gasteiger partial charge in [-0.05, 0) is 30.3 Å². The Bertz CT molecular complexity index is 1010. The first-order valence-electron chi connectivity index (χ1n) is 7.75. The number of aromatic nitrogens is 2. The van der Waals surface area contributed by atoms with Crippen LogP contribution >= 0.6 is 0 Å². The molecule has 0 aliphatic carbocycles. The number of amides is 1. The summed E-state index contributed by atoms with van der Waals surface area (Å²) in [6.07, 6.45) is -2.29. The van der Waals surface area contributed by atoms with Gasteiger partial charge in [-0.25, -0.2) is 18.7 Å². The zero-order chi connectivity index (χ0) is 20.3. The minimum Gasteiger partial charge on any atom is -0.339 e. The van der Waals surface area contributed by atoms with Crippen LogP contribution in [0.15, 0.2) is 54.9 Å². The van der Waals surface area contributed by atoms with Gasteiger partial charge in [0, 0.05) is 11.8 Å². The molecular formula is C18H11F5N4O. The van der Waals surface area contributed by atoms with E-state index in [4.69, 9.17) is 0 Å². The maximum atomic E-state index is 13.6. The molecule has 1 amide bonds. The highest BCUT2D eigenvalue weighted by atomic mass is 19.4. The highest BCUT2D eigenvalue weighted by Crippen LogP contribution is 2.31. The van der Waals surface area contributed by atoms with E-state index in [0.29, 0.717) is 6.07 Å². The Hall–Kier alpha value is -3.56. The Balaban J connectivity index is 1.70. The molecule has 144 valence electrons. The van der Waals surface area contributed by atoms with Crippen LogP contribution in [0.1, 0.15) is 16.1 Å². The Morgan fingerprint density at radius 1 is 0.964 bits per heavy atom. The summed E-state index contributed by atoms with van der Waals surface area (Å²) in [5.74, 6) is -2.43. The van der Waals surface area contributed by atoms with E-state index in [-0.39, 0.29) is 22.9 Å². The van der Waals surface area contributed by atoms with Crippen molar-refractivity contribution >= 4 is 23.1 Å².